The van der Waals surface area contributed by atoms with Gasteiger partial charge in [-0.3, -0.25) is 4.21 Å². The van der Waals surface area contributed by atoms with E-state index in [-0.39, 0.29) is 0 Å². The molecule has 52 valence electrons. The monoisotopic (exact) mass is 162 g/mol. The molecule has 0 rings (SSSR count). The summed E-state index contributed by atoms with van der Waals surface area (Å²) in [7, 11) is -0.798. The standard InChI is InChI=1S/C6H10OS2/c1-2-5-9(7)6-3-4-8/h3-4,6H,2,5H2,1H3. The fourth-order valence-electron chi connectivity index (χ4n) is 0.389. The van der Waals surface area contributed by atoms with Gasteiger partial charge in [-0.05, 0) is 12.5 Å². The molecule has 0 aliphatic carbocycles. The summed E-state index contributed by atoms with van der Waals surface area (Å²) in [5.41, 5.74) is 0. The molecule has 1 nitrogen and oxygen atoms in total. The van der Waals surface area contributed by atoms with E-state index in [1.54, 1.807) is 11.5 Å². The van der Waals surface area contributed by atoms with Crippen LogP contribution in [0, 0.1) is 0 Å². The molecule has 1 unspecified atom stereocenters. The Balaban J connectivity index is 3.49. The molecule has 0 spiro atoms. The molecule has 0 amide bonds. The molecule has 3 heteroatoms. The average molecular weight is 162 g/mol. The molecule has 0 radical (unpaired) electrons. The molecule has 0 aromatic heterocycles. The van der Waals surface area contributed by atoms with Crippen LogP contribution in [0.15, 0.2) is 11.5 Å². The number of thiocarbonyl (C=S) groups is 1. The van der Waals surface area contributed by atoms with Crippen LogP contribution < -0.4 is 0 Å². The largest absolute Gasteiger partial charge is 0.255 e. The lowest BCUT2D eigenvalue weighted by atomic mass is 10.6. The van der Waals surface area contributed by atoms with Gasteiger partial charge >= 0.3 is 0 Å². The maximum absolute atomic E-state index is 10.8. The van der Waals surface area contributed by atoms with Crippen LogP contribution in [0.2, 0.25) is 0 Å². The molecule has 0 aliphatic heterocycles. The Kier molecular flexibility index (Phi) is 6.09. The van der Waals surface area contributed by atoms with Gasteiger partial charge in [0.25, 0.3) is 0 Å². The Labute approximate surface area is 63.6 Å². The van der Waals surface area contributed by atoms with Gasteiger partial charge in [0, 0.05) is 27.3 Å². The van der Waals surface area contributed by atoms with Crippen molar-refractivity contribution in [1.29, 1.82) is 0 Å². The van der Waals surface area contributed by atoms with Gasteiger partial charge in [0.15, 0.2) is 0 Å². The molecule has 0 aromatic rings. The summed E-state index contributed by atoms with van der Waals surface area (Å²) in [5.74, 6) is 0.736. The Morgan fingerprint density at radius 2 is 2.33 bits per heavy atom. The maximum Gasteiger partial charge on any atom is 0.0456 e. The number of rotatable bonds is 4. The first-order valence-electron chi connectivity index (χ1n) is 2.80. The summed E-state index contributed by atoms with van der Waals surface area (Å²) in [4.78, 5) is 0. The van der Waals surface area contributed by atoms with Crippen molar-refractivity contribution in [1.82, 2.24) is 0 Å². The third-order valence-corrected chi connectivity index (χ3v) is 2.14. The van der Waals surface area contributed by atoms with Crippen molar-refractivity contribution in [2.75, 3.05) is 5.75 Å². The smallest absolute Gasteiger partial charge is 0.0456 e. The van der Waals surface area contributed by atoms with Gasteiger partial charge in [0.2, 0.25) is 0 Å². The summed E-state index contributed by atoms with van der Waals surface area (Å²) in [5, 5.41) is 3.09. The molecule has 0 aliphatic rings. The summed E-state index contributed by atoms with van der Waals surface area (Å²) in [6, 6.07) is 0. The van der Waals surface area contributed by atoms with Gasteiger partial charge in [-0.15, -0.1) is 0 Å². The second-order valence-electron chi connectivity index (χ2n) is 1.55. The Morgan fingerprint density at radius 3 is 2.78 bits per heavy atom. The van der Waals surface area contributed by atoms with Crippen molar-refractivity contribution < 1.29 is 4.21 Å². The molecule has 9 heavy (non-hydrogen) atoms. The number of hydrogen-bond acceptors (Lipinski definition) is 2. The summed E-state index contributed by atoms with van der Waals surface area (Å²) in [6.45, 7) is 2.00. The average Bonchev–Trinajstić information content (AvgIpc) is 1.85. The van der Waals surface area contributed by atoms with Crippen molar-refractivity contribution in [3.8, 4) is 0 Å². The predicted molar refractivity (Wildman–Crippen MR) is 46.1 cm³/mol. The van der Waals surface area contributed by atoms with Crippen LogP contribution in [-0.2, 0) is 10.8 Å². The second kappa shape index (κ2) is 6.11. The first kappa shape index (κ1) is 8.98. The van der Waals surface area contributed by atoms with E-state index in [0.717, 1.165) is 12.2 Å². The molecule has 1 atom stereocenters. The van der Waals surface area contributed by atoms with E-state index >= 15 is 0 Å². The first-order chi connectivity index (χ1) is 4.31. The third kappa shape index (κ3) is 5.86. The van der Waals surface area contributed by atoms with Gasteiger partial charge in [-0.1, -0.05) is 19.1 Å². The highest BCUT2D eigenvalue weighted by Crippen LogP contribution is 1.87. The van der Waals surface area contributed by atoms with Crippen molar-refractivity contribution in [2.45, 2.75) is 13.3 Å². The highest BCUT2D eigenvalue weighted by Gasteiger charge is 1.87. The lowest BCUT2D eigenvalue weighted by Crippen LogP contribution is -1.89. The van der Waals surface area contributed by atoms with Crippen molar-refractivity contribution in [3.05, 3.63) is 11.5 Å². The first-order valence-corrected chi connectivity index (χ1v) is 4.65. The normalized spacial score (nSPS) is 13.9. The minimum absolute atomic E-state index is 0.736. The van der Waals surface area contributed by atoms with Crippen LogP contribution in [0.25, 0.3) is 0 Å². The highest BCUT2D eigenvalue weighted by atomic mass is 32.2. The zero-order valence-electron chi connectivity index (χ0n) is 5.37. The zero-order chi connectivity index (χ0) is 7.11. The van der Waals surface area contributed by atoms with Crippen molar-refractivity contribution >= 4 is 28.4 Å². The fourth-order valence-corrected chi connectivity index (χ4v) is 1.36. The van der Waals surface area contributed by atoms with Gasteiger partial charge in [0.05, 0.1) is 0 Å². The molecule has 0 saturated carbocycles. The maximum atomic E-state index is 10.8. The van der Waals surface area contributed by atoms with Crippen LogP contribution in [0.4, 0.5) is 0 Å². The zero-order valence-corrected chi connectivity index (χ0v) is 7.00. The van der Waals surface area contributed by atoms with E-state index in [1.807, 2.05) is 6.92 Å². The van der Waals surface area contributed by atoms with Crippen LogP contribution in [0.3, 0.4) is 0 Å². The van der Waals surface area contributed by atoms with Gasteiger partial charge in [-0.25, -0.2) is 0 Å². The van der Waals surface area contributed by atoms with Crippen LogP contribution in [0.1, 0.15) is 13.3 Å². The molecule has 0 N–H and O–H groups in total. The summed E-state index contributed by atoms with van der Waals surface area (Å²) in [6.07, 6.45) is 2.59. The summed E-state index contributed by atoms with van der Waals surface area (Å²) < 4.78 is 10.8. The Bertz CT molecular complexity index is 129. The van der Waals surface area contributed by atoms with E-state index in [2.05, 4.69) is 12.2 Å². The van der Waals surface area contributed by atoms with Crippen LogP contribution in [0.5, 0.6) is 0 Å². The van der Waals surface area contributed by atoms with Crippen molar-refractivity contribution in [3.63, 3.8) is 0 Å². The van der Waals surface area contributed by atoms with Crippen LogP contribution >= 0.6 is 12.2 Å². The molecular formula is C6H10OS2. The Hall–Kier alpha value is -0.0200. The summed E-state index contributed by atoms with van der Waals surface area (Å²) >= 11 is 4.51. The van der Waals surface area contributed by atoms with E-state index < -0.39 is 10.8 Å². The molecule has 0 bridgehead atoms. The quantitative estimate of drug-likeness (QED) is 0.462. The van der Waals surface area contributed by atoms with E-state index in [0.29, 0.717) is 0 Å². The van der Waals surface area contributed by atoms with Crippen molar-refractivity contribution in [2.24, 2.45) is 0 Å². The number of allylic oxidation sites excluding steroid dienone is 1. The Morgan fingerprint density at radius 1 is 1.67 bits per heavy atom. The molecule has 0 heterocycles. The minimum atomic E-state index is -0.798. The topological polar surface area (TPSA) is 17.1 Å². The molecule has 0 aromatic carbocycles. The van der Waals surface area contributed by atoms with Gasteiger partial charge in [-0.2, -0.15) is 0 Å². The SMILES string of the molecule is CCCS(=O)C=CC=S. The lowest BCUT2D eigenvalue weighted by Gasteiger charge is -1.86. The molecular weight excluding hydrogens is 152 g/mol. The molecule has 0 saturated heterocycles. The van der Waals surface area contributed by atoms with E-state index in [9.17, 15) is 4.21 Å². The fraction of sp³-hybridized carbons (Fsp3) is 0.500. The van der Waals surface area contributed by atoms with E-state index in [1.165, 1.54) is 5.37 Å². The second-order valence-corrected chi connectivity index (χ2v) is 3.26. The van der Waals surface area contributed by atoms with Crippen LogP contribution in [-0.4, -0.2) is 15.3 Å². The predicted octanol–water partition coefficient (Wildman–Crippen LogP) is 1.66. The highest BCUT2D eigenvalue weighted by molar-refractivity contribution is 7.88. The van der Waals surface area contributed by atoms with E-state index in [4.69, 9.17) is 0 Å². The molecule has 0 fully saturated rings. The van der Waals surface area contributed by atoms with Gasteiger partial charge < -0.3 is 0 Å². The van der Waals surface area contributed by atoms with Gasteiger partial charge in [0.1, 0.15) is 0 Å². The lowest BCUT2D eigenvalue weighted by molar-refractivity contribution is 0.687. The number of hydrogen-bond donors (Lipinski definition) is 0. The minimum Gasteiger partial charge on any atom is -0.255 e. The third-order valence-electron chi connectivity index (χ3n) is 0.714.